The van der Waals surface area contributed by atoms with Gasteiger partial charge in [-0.1, -0.05) is 6.08 Å². The van der Waals surface area contributed by atoms with Gasteiger partial charge in [0.2, 0.25) is 0 Å². The summed E-state index contributed by atoms with van der Waals surface area (Å²) >= 11 is 0. The molecule has 0 aliphatic carbocycles. The van der Waals surface area contributed by atoms with E-state index in [1.807, 2.05) is 0 Å². The topological polar surface area (TPSA) is 70.0 Å². The molecule has 2 N–H and O–H groups in total. The zero-order chi connectivity index (χ0) is 11.7. The average Bonchev–Trinajstić information content (AvgIpc) is 2.18. The Hall–Kier alpha value is -0.910. The molecule has 0 aromatic rings. The highest BCUT2D eigenvalue weighted by Crippen LogP contribution is 1.94. The molecule has 0 bridgehead atoms. The third-order valence-corrected chi connectivity index (χ3v) is 1.73. The Morgan fingerprint density at radius 2 is 2.33 bits per heavy atom. The number of rotatable bonds is 8. The average molecular weight is 217 g/mol. The number of aliphatic hydroxyl groups is 2. The minimum atomic E-state index is -0.848. The summed E-state index contributed by atoms with van der Waals surface area (Å²) in [6, 6.07) is 0. The number of ether oxygens (including phenoxy) is 1. The lowest BCUT2D eigenvalue weighted by Gasteiger charge is -2.21. The largest absolute Gasteiger partial charge is 0.465 e. The number of esters is 1. The Morgan fingerprint density at radius 3 is 2.80 bits per heavy atom. The van der Waals surface area contributed by atoms with E-state index in [0.29, 0.717) is 13.2 Å². The first kappa shape index (κ1) is 14.1. The summed E-state index contributed by atoms with van der Waals surface area (Å²) in [5.74, 6) is -0.343. The second kappa shape index (κ2) is 8.40. The van der Waals surface area contributed by atoms with Crippen LogP contribution in [0.3, 0.4) is 0 Å². The second-order valence-electron chi connectivity index (χ2n) is 3.12. The molecular formula is C10H19NO4. The summed E-state index contributed by atoms with van der Waals surface area (Å²) in [7, 11) is 0. The molecule has 0 rings (SSSR count). The van der Waals surface area contributed by atoms with Crippen LogP contribution in [0, 0.1) is 0 Å². The lowest BCUT2D eigenvalue weighted by molar-refractivity contribution is -0.144. The molecule has 0 saturated heterocycles. The third-order valence-electron chi connectivity index (χ3n) is 1.73. The Morgan fingerprint density at radius 1 is 1.67 bits per heavy atom. The van der Waals surface area contributed by atoms with Gasteiger partial charge in [-0.05, 0) is 6.92 Å². The first-order chi connectivity index (χ1) is 7.13. The van der Waals surface area contributed by atoms with Crippen LogP contribution in [0.5, 0.6) is 0 Å². The zero-order valence-electron chi connectivity index (χ0n) is 9.06. The van der Waals surface area contributed by atoms with Crippen LogP contribution in [-0.2, 0) is 9.53 Å². The van der Waals surface area contributed by atoms with Crippen LogP contribution in [0.25, 0.3) is 0 Å². The summed E-state index contributed by atoms with van der Waals surface area (Å²) in [5.41, 5.74) is 0. The quantitative estimate of drug-likeness (QED) is 0.419. The highest BCUT2D eigenvalue weighted by molar-refractivity contribution is 5.71. The molecule has 0 amide bonds. The molecule has 0 heterocycles. The van der Waals surface area contributed by atoms with Crippen LogP contribution in [0.1, 0.15) is 6.92 Å². The first-order valence-electron chi connectivity index (χ1n) is 4.91. The Bertz CT molecular complexity index is 196. The van der Waals surface area contributed by atoms with Crippen LogP contribution in [-0.4, -0.2) is 60.0 Å². The van der Waals surface area contributed by atoms with Crippen LogP contribution < -0.4 is 0 Å². The molecule has 0 aliphatic rings. The molecule has 0 radical (unpaired) electrons. The maximum Gasteiger partial charge on any atom is 0.320 e. The maximum absolute atomic E-state index is 11.2. The number of nitrogens with zero attached hydrogens (tertiary/aromatic N) is 1. The lowest BCUT2D eigenvalue weighted by Crippen LogP contribution is -2.38. The van der Waals surface area contributed by atoms with Gasteiger partial charge in [0, 0.05) is 13.1 Å². The van der Waals surface area contributed by atoms with Crippen LogP contribution >= 0.6 is 0 Å². The van der Waals surface area contributed by atoms with E-state index in [9.17, 15) is 9.90 Å². The Kier molecular flexibility index (Phi) is 7.89. The summed E-state index contributed by atoms with van der Waals surface area (Å²) in [6.07, 6.45) is 0.780. The molecule has 0 fully saturated rings. The van der Waals surface area contributed by atoms with E-state index >= 15 is 0 Å². The van der Waals surface area contributed by atoms with Crippen LogP contribution in [0.2, 0.25) is 0 Å². The fourth-order valence-corrected chi connectivity index (χ4v) is 1.13. The third kappa shape index (κ3) is 7.07. The predicted molar refractivity (Wildman–Crippen MR) is 56.4 cm³/mol. The Labute approximate surface area is 90.0 Å². The highest BCUT2D eigenvalue weighted by Gasteiger charge is 2.13. The fourth-order valence-electron chi connectivity index (χ4n) is 1.13. The van der Waals surface area contributed by atoms with Crippen LogP contribution in [0.15, 0.2) is 12.7 Å². The second-order valence-corrected chi connectivity index (χ2v) is 3.12. The van der Waals surface area contributed by atoms with Gasteiger partial charge in [0.05, 0.1) is 25.9 Å². The monoisotopic (exact) mass is 217 g/mol. The van der Waals surface area contributed by atoms with E-state index in [0.717, 1.165) is 0 Å². The van der Waals surface area contributed by atoms with Gasteiger partial charge in [0.1, 0.15) is 0 Å². The zero-order valence-corrected chi connectivity index (χ0v) is 9.06. The molecule has 0 aliphatic heterocycles. The van der Waals surface area contributed by atoms with Gasteiger partial charge < -0.3 is 14.9 Å². The van der Waals surface area contributed by atoms with E-state index in [4.69, 9.17) is 9.84 Å². The molecule has 15 heavy (non-hydrogen) atoms. The van der Waals surface area contributed by atoms with Crippen molar-refractivity contribution in [2.75, 3.05) is 32.8 Å². The van der Waals surface area contributed by atoms with E-state index in [-0.39, 0.29) is 25.7 Å². The normalized spacial score (nSPS) is 12.5. The van der Waals surface area contributed by atoms with Crippen molar-refractivity contribution < 1.29 is 19.7 Å². The van der Waals surface area contributed by atoms with Crippen molar-refractivity contribution in [1.82, 2.24) is 4.90 Å². The van der Waals surface area contributed by atoms with Crippen LogP contribution in [0.4, 0.5) is 0 Å². The summed E-state index contributed by atoms with van der Waals surface area (Å²) in [4.78, 5) is 12.8. The van der Waals surface area contributed by atoms with Gasteiger partial charge in [-0.15, -0.1) is 6.58 Å². The maximum atomic E-state index is 11.2. The van der Waals surface area contributed by atoms with E-state index in [1.54, 1.807) is 17.9 Å². The van der Waals surface area contributed by atoms with Gasteiger partial charge >= 0.3 is 5.97 Å². The summed E-state index contributed by atoms with van der Waals surface area (Å²) in [5, 5.41) is 17.9. The molecule has 0 aromatic heterocycles. The van der Waals surface area contributed by atoms with Crippen molar-refractivity contribution in [3.8, 4) is 0 Å². The van der Waals surface area contributed by atoms with Crippen molar-refractivity contribution in [1.29, 1.82) is 0 Å². The summed E-state index contributed by atoms with van der Waals surface area (Å²) in [6.45, 7) is 6.08. The van der Waals surface area contributed by atoms with E-state index in [1.165, 1.54) is 0 Å². The fraction of sp³-hybridized carbons (Fsp3) is 0.700. The molecular weight excluding hydrogens is 198 g/mol. The molecule has 5 heteroatoms. The standard InChI is InChI=1S/C10H19NO4/c1-3-5-11(6-9(13)8-12)7-10(14)15-4-2/h3,9,12-13H,1,4-8H2,2H3. The first-order valence-corrected chi connectivity index (χ1v) is 4.91. The highest BCUT2D eigenvalue weighted by atomic mass is 16.5. The van der Waals surface area contributed by atoms with Gasteiger partial charge in [-0.3, -0.25) is 9.69 Å². The van der Waals surface area contributed by atoms with Crippen molar-refractivity contribution in [3.05, 3.63) is 12.7 Å². The van der Waals surface area contributed by atoms with Gasteiger partial charge in [-0.2, -0.15) is 0 Å². The summed E-state index contributed by atoms with van der Waals surface area (Å²) < 4.78 is 4.77. The molecule has 0 spiro atoms. The number of hydrogen-bond acceptors (Lipinski definition) is 5. The molecule has 0 saturated carbocycles. The van der Waals surface area contributed by atoms with Gasteiger partial charge in [0.15, 0.2) is 0 Å². The number of aliphatic hydroxyl groups excluding tert-OH is 2. The van der Waals surface area contributed by atoms with E-state index in [2.05, 4.69) is 6.58 Å². The number of hydrogen-bond donors (Lipinski definition) is 2. The molecule has 1 atom stereocenters. The smallest absolute Gasteiger partial charge is 0.320 e. The van der Waals surface area contributed by atoms with Crippen molar-refractivity contribution >= 4 is 5.97 Å². The number of carbonyl (C=O) groups is 1. The molecule has 0 aromatic carbocycles. The molecule has 88 valence electrons. The van der Waals surface area contributed by atoms with Crippen molar-refractivity contribution in [2.45, 2.75) is 13.0 Å². The predicted octanol–water partition coefficient (Wildman–Crippen LogP) is -0.609. The van der Waals surface area contributed by atoms with Gasteiger partial charge in [0.25, 0.3) is 0 Å². The molecule has 1 unspecified atom stereocenters. The SMILES string of the molecule is C=CCN(CC(=O)OCC)CC(O)CO. The van der Waals surface area contributed by atoms with Crippen molar-refractivity contribution in [3.63, 3.8) is 0 Å². The van der Waals surface area contributed by atoms with Gasteiger partial charge in [-0.25, -0.2) is 0 Å². The molecule has 5 nitrogen and oxygen atoms in total. The van der Waals surface area contributed by atoms with Crippen molar-refractivity contribution in [2.24, 2.45) is 0 Å². The minimum absolute atomic E-state index is 0.0942. The minimum Gasteiger partial charge on any atom is -0.465 e. The Balaban J connectivity index is 4.02. The van der Waals surface area contributed by atoms with E-state index < -0.39 is 6.10 Å². The number of carbonyl (C=O) groups excluding carboxylic acids is 1. The lowest BCUT2D eigenvalue weighted by atomic mass is 10.3.